The average Bonchev–Trinajstić information content (AvgIpc) is 2.08. The van der Waals surface area contributed by atoms with Gasteiger partial charge in [0.05, 0.1) is 0 Å². The van der Waals surface area contributed by atoms with Crippen LogP contribution in [0.5, 0.6) is 0 Å². The van der Waals surface area contributed by atoms with Gasteiger partial charge in [-0.05, 0) is 12.8 Å². The standard InChI is InChI=1S/C10H17IO4/c1-7(11)4-5-10(15-9(3)13)6-14-8(2)12/h7,10H,4-6H2,1-3H3. The van der Waals surface area contributed by atoms with Gasteiger partial charge in [-0.15, -0.1) is 0 Å². The van der Waals surface area contributed by atoms with Crippen molar-refractivity contribution in [3.8, 4) is 0 Å². The Kier molecular flexibility index (Phi) is 7.72. The summed E-state index contributed by atoms with van der Waals surface area (Å²) in [4.78, 5) is 21.4. The van der Waals surface area contributed by atoms with Gasteiger partial charge in [0.2, 0.25) is 0 Å². The largest absolute Gasteiger partial charge is 0.462 e. The predicted octanol–water partition coefficient (Wildman–Crippen LogP) is 2.08. The molecule has 2 unspecified atom stereocenters. The molecule has 0 amide bonds. The minimum atomic E-state index is -0.352. The van der Waals surface area contributed by atoms with E-state index in [1.807, 2.05) is 0 Å². The molecule has 0 aromatic carbocycles. The third-order valence-electron chi connectivity index (χ3n) is 1.69. The molecule has 0 saturated carbocycles. The van der Waals surface area contributed by atoms with Gasteiger partial charge in [-0.2, -0.15) is 0 Å². The number of halogens is 1. The first-order valence-corrected chi connectivity index (χ1v) is 6.11. The summed E-state index contributed by atoms with van der Waals surface area (Å²) in [5, 5.41) is 0. The van der Waals surface area contributed by atoms with Gasteiger partial charge in [0.15, 0.2) is 0 Å². The molecule has 0 aliphatic rings. The fourth-order valence-corrected chi connectivity index (χ4v) is 1.40. The van der Waals surface area contributed by atoms with Crippen LogP contribution in [0.2, 0.25) is 0 Å². The molecule has 0 rings (SSSR count). The first kappa shape index (κ1) is 14.7. The average molecular weight is 328 g/mol. The van der Waals surface area contributed by atoms with Gasteiger partial charge in [-0.3, -0.25) is 9.59 Å². The molecule has 0 heterocycles. The lowest BCUT2D eigenvalue weighted by atomic mass is 10.2. The minimum absolute atomic E-state index is 0.151. The molecule has 15 heavy (non-hydrogen) atoms. The molecule has 0 aromatic rings. The molecule has 0 spiro atoms. The smallest absolute Gasteiger partial charge is 0.303 e. The highest BCUT2D eigenvalue weighted by Crippen LogP contribution is 2.12. The topological polar surface area (TPSA) is 52.6 Å². The zero-order valence-corrected chi connectivity index (χ0v) is 11.4. The number of hydrogen-bond donors (Lipinski definition) is 0. The number of carbonyl (C=O) groups excluding carboxylic acids is 2. The molecule has 0 radical (unpaired) electrons. The summed E-state index contributed by atoms with van der Waals surface area (Å²) < 4.78 is 10.4. The van der Waals surface area contributed by atoms with Crippen molar-refractivity contribution < 1.29 is 19.1 Å². The van der Waals surface area contributed by atoms with E-state index in [0.29, 0.717) is 3.92 Å². The Balaban J connectivity index is 3.94. The van der Waals surface area contributed by atoms with Crippen LogP contribution in [0.15, 0.2) is 0 Å². The lowest BCUT2D eigenvalue weighted by molar-refractivity contribution is -0.156. The van der Waals surface area contributed by atoms with E-state index in [4.69, 9.17) is 9.47 Å². The molecule has 0 N–H and O–H groups in total. The summed E-state index contributed by atoms with van der Waals surface area (Å²) in [5.74, 6) is -0.692. The van der Waals surface area contributed by atoms with Gasteiger partial charge in [0, 0.05) is 17.8 Å². The van der Waals surface area contributed by atoms with Crippen molar-refractivity contribution in [1.29, 1.82) is 0 Å². The molecular weight excluding hydrogens is 311 g/mol. The van der Waals surface area contributed by atoms with Crippen molar-refractivity contribution >= 4 is 34.5 Å². The van der Waals surface area contributed by atoms with Gasteiger partial charge < -0.3 is 9.47 Å². The maximum Gasteiger partial charge on any atom is 0.303 e. The number of rotatable bonds is 6. The monoisotopic (exact) mass is 328 g/mol. The Morgan fingerprint density at radius 1 is 1.20 bits per heavy atom. The van der Waals surface area contributed by atoms with E-state index in [0.717, 1.165) is 12.8 Å². The second-order valence-electron chi connectivity index (χ2n) is 3.39. The van der Waals surface area contributed by atoms with Crippen LogP contribution >= 0.6 is 22.6 Å². The van der Waals surface area contributed by atoms with Crippen LogP contribution < -0.4 is 0 Å². The Hall–Kier alpha value is -0.330. The molecule has 0 aliphatic carbocycles. The fraction of sp³-hybridized carbons (Fsp3) is 0.800. The van der Waals surface area contributed by atoms with E-state index in [2.05, 4.69) is 29.5 Å². The highest BCUT2D eigenvalue weighted by molar-refractivity contribution is 14.1. The van der Waals surface area contributed by atoms with E-state index in [1.165, 1.54) is 13.8 Å². The van der Waals surface area contributed by atoms with Gasteiger partial charge in [0.25, 0.3) is 0 Å². The summed E-state index contributed by atoms with van der Waals surface area (Å²) in [6.07, 6.45) is 1.33. The number of alkyl halides is 1. The van der Waals surface area contributed by atoms with E-state index in [9.17, 15) is 9.59 Å². The van der Waals surface area contributed by atoms with Crippen LogP contribution in [-0.4, -0.2) is 28.6 Å². The predicted molar refractivity (Wildman–Crippen MR) is 64.9 cm³/mol. The fourth-order valence-electron chi connectivity index (χ4n) is 1.04. The number of esters is 2. The Labute approximate surface area is 104 Å². The summed E-state index contributed by atoms with van der Waals surface area (Å²) >= 11 is 2.30. The van der Waals surface area contributed by atoms with Crippen molar-refractivity contribution in [1.82, 2.24) is 0 Å². The Morgan fingerprint density at radius 2 is 1.80 bits per heavy atom. The van der Waals surface area contributed by atoms with E-state index in [1.54, 1.807) is 0 Å². The summed E-state index contributed by atoms with van der Waals surface area (Å²) in [6.45, 7) is 4.93. The van der Waals surface area contributed by atoms with Crippen LogP contribution in [0.1, 0.15) is 33.6 Å². The van der Waals surface area contributed by atoms with Gasteiger partial charge in [-0.25, -0.2) is 0 Å². The van der Waals surface area contributed by atoms with Gasteiger partial charge in [0.1, 0.15) is 12.7 Å². The van der Waals surface area contributed by atoms with Crippen molar-refractivity contribution in [2.24, 2.45) is 0 Å². The van der Waals surface area contributed by atoms with Gasteiger partial charge in [-0.1, -0.05) is 29.5 Å². The van der Waals surface area contributed by atoms with E-state index in [-0.39, 0.29) is 24.6 Å². The lowest BCUT2D eigenvalue weighted by Gasteiger charge is -2.17. The van der Waals surface area contributed by atoms with E-state index < -0.39 is 0 Å². The van der Waals surface area contributed by atoms with Crippen LogP contribution in [0.4, 0.5) is 0 Å². The van der Waals surface area contributed by atoms with Crippen LogP contribution in [0, 0.1) is 0 Å². The molecule has 0 bridgehead atoms. The molecule has 0 aliphatic heterocycles. The number of ether oxygens (including phenoxy) is 2. The minimum Gasteiger partial charge on any atom is -0.462 e. The Morgan fingerprint density at radius 3 is 2.20 bits per heavy atom. The second-order valence-corrected chi connectivity index (χ2v) is 5.52. The van der Waals surface area contributed by atoms with Crippen LogP contribution in [0.3, 0.4) is 0 Å². The van der Waals surface area contributed by atoms with Gasteiger partial charge >= 0.3 is 11.9 Å². The molecule has 4 nitrogen and oxygen atoms in total. The van der Waals surface area contributed by atoms with Crippen molar-refractivity contribution in [3.63, 3.8) is 0 Å². The normalized spacial score (nSPS) is 14.1. The second kappa shape index (κ2) is 7.90. The molecule has 0 saturated heterocycles. The maximum atomic E-state index is 10.8. The zero-order valence-electron chi connectivity index (χ0n) is 9.29. The van der Waals surface area contributed by atoms with Crippen molar-refractivity contribution in [2.75, 3.05) is 6.61 Å². The molecule has 0 fully saturated rings. The van der Waals surface area contributed by atoms with Crippen molar-refractivity contribution in [3.05, 3.63) is 0 Å². The maximum absolute atomic E-state index is 10.8. The molecule has 5 heteroatoms. The molecule has 2 atom stereocenters. The zero-order chi connectivity index (χ0) is 11.8. The quantitative estimate of drug-likeness (QED) is 0.426. The highest BCUT2D eigenvalue weighted by Gasteiger charge is 2.14. The van der Waals surface area contributed by atoms with Crippen LogP contribution in [0.25, 0.3) is 0 Å². The first-order chi connectivity index (χ1) is 6.91. The van der Waals surface area contributed by atoms with E-state index >= 15 is 0 Å². The number of hydrogen-bond acceptors (Lipinski definition) is 4. The number of carbonyl (C=O) groups is 2. The lowest BCUT2D eigenvalue weighted by Crippen LogP contribution is -2.24. The summed E-state index contributed by atoms with van der Waals surface area (Å²) in [5.41, 5.74) is 0. The Bertz CT molecular complexity index is 215. The molecule has 88 valence electrons. The first-order valence-electron chi connectivity index (χ1n) is 4.86. The SMILES string of the molecule is CC(=O)OCC(CCC(C)I)OC(C)=O. The third-order valence-corrected chi connectivity index (χ3v) is 2.31. The molecule has 0 aromatic heterocycles. The highest BCUT2D eigenvalue weighted by atomic mass is 127. The molecular formula is C10H17IO4. The third kappa shape index (κ3) is 9.96. The van der Waals surface area contributed by atoms with Crippen molar-refractivity contribution in [2.45, 2.75) is 43.6 Å². The summed E-state index contributed by atoms with van der Waals surface area (Å²) in [7, 11) is 0. The van der Waals surface area contributed by atoms with Crippen LogP contribution in [-0.2, 0) is 19.1 Å². The summed E-state index contributed by atoms with van der Waals surface area (Å²) in [6, 6.07) is 0.